The van der Waals surface area contributed by atoms with Crippen molar-refractivity contribution in [3.63, 3.8) is 0 Å². The van der Waals surface area contributed by atoms with Gasteiger partial charge < -0.3 is 29.2 Å². The molecule has 10 heteroatoms. The van der Waals surface area contributed by atoms with Crippen LogP contribution in [0.25, 0.3) is 33.7 Å². The van der Waals surface area contributed by atoms with Gasteiger partial charge in [-0.1, -0.05) is 26.0 Å². The first-order valence-electron chi connectivity index (χ1n) is 9.89. The summed E-state index contributed by atoms with van der Waals surface area (Å²) >= 11 is 0. The number of nitrogens with zero attached hydrogens (tertiary/aromatic N) is 2. The molecule has 0 unspecified atom stereocenters. The van der Waals surface area contributed by atoms with E-state index in [-0.39, 0.29) is 22.9 Å². The van der Waals surface area contributed by atoms with Crippen LogP contribution in [0.15, 0.2) is 46.9 Å². The molecule has 4 N–H and O–H groups in total. The van der Waals surface area contributed by atoms with Gasteiger partial charge in [0.05, 0.1) is 18.3 Å². The minimum atomic E-state index is -4.58. The third kappa shape index (κ3) is 3.90. The number of imidazole rings is 1. The van der Waals surface area contributed by atoms with E-state index in [0.29, 0.717) is 34.8 Å². The van der Waals surface area contributed by atoms with Crippen molar-refractivity contribution >= 4 is 29.8 Å². The van der Waals surface area contributed by atoms with Gasteiger partial charge in [0.1, 0.15) is 17.1 Å². The number of aromatic nitrogens is 2. The summed E-state index contributed by atoms with van der Waals surface area (Å²) < 4.78 is 39.0. The molecule has 0 saturated heterocycles. The van der Waals surface area contributed by atoms with E-state index in [1.54, 1.807) is 25.3 Å². The van der Waals surface area contributed by atoms with E-state index >= 15 is 0 Å². The van der Waals surface area contributed by atoms with Gasteiger partial charge in [-0.3, -0.25) is 4.57 Å². The summed E-state index contributed by atoms with van der Waals surface area (Å²) in [5, 5.41) is 0. The zero-order valence-electron chi connectivity index (χ0n) is 17.7. The number of nitrogen functional groups attached to an aromatic ring is 1. The standard InChI is InChI=1S/C22H23FN3O5P/c1-12(2)11-26-21-15(13-5-4-6-14(9-13)30-3)10-16(23)19(24)20(21)25-22(26)17-7-8-18(31-17)32(27,28)29/h4-10,12H,11,24H2,1-3H3,(H2,27,28,29). The van der Waals surface area contributed by atoms with Crippen LogP contribution in [-0.4, -0.2) is 26.4 Å². The molecule has 0 amide bonds. The molecule has 0 aliphatic heterocycles. The van der Waals surface area contributed by atoms with Crippen molar-refractivity contribution in [2.45, 2.75) is 20.4 Å². The van der Waals surface area contributed by atoms with E-state index in [4.69, 9.17) is 14.9 Å². The first-order chi connectivity index (χ1) is 15.1. The molecule has 0 aliphatic rings. The maximum atomic E-state index is 14.8. The highest BCUT2D eigenvalue weighted by atomic mass is 31.2. The highest BCUT2D eigenvalue weighted by molar-refractivity contribution is 7.59. The Labute approximate surface area is 183 Å². The number of methoxy groups -OCH3 is 1. The first-order valence-corrected chi connectivity index (χ1v) is 11.5. The number of halogens is 1. The van der Waals surface area contributed by atoms with Crippen LogP contribution in [0.5, 0.6) is 5.75 Å². The van der Waals surface area contributed by atoms with Gasteiger partial charge in [-0.25, -0.2) is 9.37 Å². The summed E-state index contributed by atoms with van der Waals surface area (Å²) in [7, 11) is -3.03. The number of nitrogens with two attached hydrogens (primary N) is 1. The van der Waals surface area contributed by atoms with Gasteiger partial charge in [0, 0.05) is 12.1 Å². The molecule has 0 radical (unpaired) electrons. The Morgan fingerprint density at radius 2 is 2.00 bits per heavy atom. The number of fused-ring (bicyclic) bond motifs is 1. The highest BCUT2D eigenvalue weighted by Gasteiger charge is 2.27. The lowest BCUT2D eigenvalue weighted by Crippen LogP contribution is -2.07. The summed E-state index contributed by atoms with van der Waals surface area (Å²) in [6.45, 7) is 4.51. The molecule has 8 nitrogen and oxygen atoms in total. The van der Waals surface area contributed by atoms with Crippen LogP contribution in [0.4, 0.5) is 10.1 Å². The zero-order chi connectivity index (χ0) is 23.2. The Bertz CT molecular complexity index is 1360. The number of ether oxygens (including phenoxy) is 1. The number of benzene rings is 2. The maximum Gasteiger partial charge on any atom is 0.391 e. The lowest BCUT2D eigenvalue weighted by Gasteiger charge is -2.14. The summed E-state index contributed by atoms with van der Waals surface area (Å²) in [5.41, 5.74) is 7.58. The molecule has 0 saturated carbocycles. The van der Waals surface area contributed by atoms with E-state index in [1.165, 1.54) is 18.2 Å². The minimum absolute atomic E-state index is 0.114. The smallest absolute Gasteiger partial charge is 0.391 e. The molecule has 32 heavy (non-hydrogen) atoms. The normalized spacial score (nSPS) is 12.1. The Morgan fingerprint density at radius 3 is 2.62 bits per heavy atom. The van der Waals surface area contributed by atoms with Crippen molar-refractivity contribution in [1.29, 1.82) is 0 Å². The molecule has 0 spiro atoms. The molecule has 0 atom stereocenters. The SMILES string of the molecule is COc1cccc(-c2cc(F)c(N)c3nc(-c4ccc(P(=O)(O)O)o4)n(CC(C)C)c23)c1. The average molecular weight is 459 g/mol. The molecule has 4 aromatic rings. The van der Waals surface area contributed by atoms with E-state index < -0.39 is 18.9 Å². The monoisotopic (exact) mass is 459 g/mol. The Hall–Kier alpha value is -3.13. The third-order valence-corrected chi connectivity index (χ3v) is 5.85. The van der Waals surface area contributed by atoms with Crippen LogP contribution in [0.1, 0.15) is 13.8 Å². The second-order valence-electron chi connectivity index (χ2n) is 7.87. The van der Waals surface area contributed by atoms with Crippen LogP contribution in [0.3, 0.4) is 0 Å². The lowest BCUT2D eigenvalue weighted by molar-refractivity contribution is 0.377. The van der Waals surface area contributed by atoms with Gasteiger partial charge in [-0.15, -0.1) is 0 Å². The largest absolute Gasteiger partial charge is 0.497 e. The van der Waals surface area contributed by atoms with Crippen LogP contribution in [0, 0.1) is 11.7 Å². The fourth-order valence-electron chi connectivity index (χ4n) is 3.65. The van der Waals surface area contributed by atoms with E-state index in [0.717, 1.165) is 0 Å². The summed E-state index contributed by atoms with van der Waals surface area (Å²) in [6.07, 6.45) is 0. The van der Waals surface area contributed by atoms with Crippen molar-refractivity contribution in [2.24, 2.45) is 5.92 Å². The number of hydrogen-bond acceptors (Lipinski definition) is 5. The summed E-state index contributed by atoms with van der Waals surface area (Å²) in [5.74, 6) is 0.616. The predicted molar refractivity (Wildman–Crippen MR) is 120 cm³/mol. The zero-order valence-corrected chi connectivity index (χ0v) is 18.6. The third-order valence-electron chi connectivity index (χ3n) is 5.03. The second-order valence-corrected chi connectivity index (χ2v) is 9.40. The molecular formula is C22H23FN3O5P. The van der Waals surface area contributed by atoms with Crippen molar-refractivity contribution in [3.8, 4) is 28.5 Å². The van der Waals surface area contributed by atoms with Crippen LogP contribution in [0.2, 0.25) is 0 Å². The van der Waals surface area contributed by atoms with Crippen LogP contribution in [-0.2, 0) is 11.1 Å². The molecular weight excluding hydrogens is 436 g/mol. The van der Waals surface area contributed by atoms with Gasteiger partial charge >= 0.3 is 7.60 Å². The van der Waals surface area contributed by atoms with E-state index in [9.17, 15) is 18.7 Å². The van der Waals surface area contributed by atoms with Crippen molar-refractivity contribution < 1.29 is 27.9 Å². The number of anilines is 1. The minimum Gasteiger partial charge on any atom is -0.497 e. The van der Waals surface area contributed by atoms with E-state index in [1.807, 2.05) is 24.5 Å². The molecule has 168 valence electrons. The Kier molecular flexibility index (Phi) is 5.58. The molecule has 0 aliphatic carbocycles. The first kappa shape index (κ1) is 22.1. The molecule has 4 rings (SSSR count). The topological polar surface area (TPSA) is 124 Å². The fourth-order valence-corrected chi connectivity index (χ4v) is 4.13. The van der Waals surface area contributed by atoms with Gasteiger partial charge in [0.2, 0.25) is 5.50 Å². The highest BCUT2D eigenvalue weighted by Crippen LogP contribution is 2.40. The molecule has 2 heterocycles. The van der Waals surface area contributed by atoms with Crippen molar-refractivity contribution in [3.05, 3.63) is 48.3 Å². The van der Waals surface area contributed by atoms with Gasteiger partial charge in [-0.05, 0) is 41.8 Å². The molecule has 0 bridgehead atoms. The quantitative estimate of drug-likeness (QED) is 0.292. The number of furan rings is 1. The fraction of sp³-hybridized carbons (Fsp3) is 0.227. The van der Waals surface area contributed by atoms with Gasteiger partial charge in [0.15, 0.2) is 11.6 Å². The molecule has 0 fully saturated rings. The Balaban J connectivity index is 2.05. The van der Waals surface area contributed by atoms with Crippen molar-refractivity contribution in [2.75, 3.05) is 12.8 Å². The number of hydrogen-bond donors (Lipinski definition) is 3. The summed E-state index contributed by atoms with van der Waals surface area (Å²) in [6, 6.07) is 11.2. The van der Waals surface area contributed by atoms with Crippen LogP contribution < -0.4 is 16.0 Å². The lowest BCUT2D eigenvalue weighted by atomic mass is 10.0. The Morgan fingerprint density at radius 1 is 1.25 bits per heavy atom. The van der Waals surface area contributed by atoms with Gasteiger partial charge in [-0.2, -0.15) is 0 Å². The average Bonchev–Trinajstić information content (AvgIpc) is 3.36. The summed E-state index contributed by atoms with van der Waals surface area (Å²) in [4.78, 5) is 23.4. The maximum absolute atomic E-state index is 14.8. The molecule has 2 aromatic carbocycles. The van der Waals surface area contributed by atoms with E-state index in [2.05, 4.69) is 4.98 Å². The predicted octanol–water partition coefficient (Wildman–Crippen LogP) is 4.15. The molecule has 2 aromatic heterocycles. The van der Waals surface area contributed by atoms with Crippen molar-refractivity contribution in [1.82, 2.24) is 9.55 Å². The van der Waals surface area contributed by atoms with Gasteiger partial charge in [0.25, 0.3) is 0 Å². The second kappa shape index (κ2) is 8.09. The number of rotatable bonds is 6. The van der Waals surface area contributed by atoms with Crippen LogP contribution >= 0.6 is 7.60 Å².